The Bertz CT molecular complexity index is 683. The molecule has 0 fully saturated rings. The second kappa shape index (κ2) is 16.0. The zero-order valence-corrected chi connectivity index (χ0v) is 20.3. The van der Waals surface area contributed by atoms with Gasteiger partial charge in [0, 0.05) is 13.2 Å². The van der Waals surface area contributed by atoms with Crippen molar-refractivity contribution in [2.45, 2.75) is 91.0 Å². The Balaban J connectivity index is 2.13. The quantitative estimate of drug-likeness (QED) is 0.180. The zero-order valence-electron chi connectivity index (χ0n) is 20.3. The fraction of sp³-hybridized carbons (Fsp3) is 0.571. The molecule has 0 bridgehead atoms. The van der Waals surface area contributed by atoms with Crippen LogP contribution in [0.3, 0.4) is 0 Å². The highest BCUT2D eigenvalue weighted by molar-refractivity contribution is 5.14. The molecular weight excluding hydrogens is 400 g/mol. The molecule has 0 saturated carbocycles. The minimum Gasteiger partial charge on any atom is -0.365 e. The van der Waals surface area contributed by atoms with Gasteiger partial charge in [-0.05, 0) is 31.4 Å². The van der Waals surface area contributed by atoms with E-state index in [9.17, 15) is 0 Å². The van der Waals surface area contributed by atoms with Crippen LogP contribution in [0.5, 0.6) is 0 Å². The molecule has 0 spiro atoms. The summed E-state index contributed by atoms with van der Waals surface area (Å²) >= 11 is 0. The molecule has 0 radical (unpaired) electrons. The fourth-order valence-electron chi connectivity index (χ4n) is 3.81. The third-order valence-corrected chi connectivity index (χ3v) is 5.48. The van der Waals surface area contributed by atoms with Crippen LogP contribution < -0.4 is 0 Å². The molecule has 0 saturated heterocycles. The summed E-state index contributed by atoms with van der Waals surface area (Å²) in [6.07, 6.45) is 7.84. The zero-order chi connectivity index (χ0) is 22.9. The van der Waals surface area contributed by atoms with E-state index in [1.54, 1.807) is 0 Å². The van der Waals surface area contributed by atoms with Crippen LogP contribution >= 0.6 is 0 Å². The van der Waals surface area contributed by atoms with Gasteiger partial charge in [0.2, 0.25) is 0 Å². The molecule has 2 rings (SSSR count). The van der Waals surface area contributed by atoms with Crippen molar-refractivity contribution in [3.8, 4) is 0 Å². The Morgan fingerprint density at radius 2 is 1.16 bits per heavy atom. The Hall–Kier alpha value is -1.72. The normalized spacial score (nSPS) is 12.7. The van der Waals surface area contributed by atoms with Gasteiger partial charge in [-0.15, -0.1) is 0 Å². The summed E-state index contributed by atoms with van der Waals surface area (Å²) < 4.78 is 25.2. The molecule has 32 heavy (non-hydrogen) atoms. The number of benzene rings is 2. The van der Waals surface area contributed by atoms with E-state index < -0.39 is 5.97 Å². The van der Waals surface area contributed by atoms with Gasteiger partial charge in [-0.25, -0.2) is 0 Å². The van der Waals surface area contributed by atoms with E-state index >= 15 is 0 Å². The number of ether oxygens (including phenoxy) is 4. The van der Waals surface area contributed by atoms with Gasteiger partial charge in [0.25, 0.3) is 0 Å². The van der Waals surface area contributed by atoms with E-state index in [-0.39, 0.29) is 6.10 Å². The molecule has 1 atom stereocenters. The van der Waals surface area contributed by atoms with Crippen LogP contribution in [-0.4, -0.2) is 25.3 Å². The topological polar surface area (TPSA) is 36.9 Å². The summed E-state index contributed by atoms with van der Waals surface area (Å²) in [7, 11) is 0. The lowest BCUT2D eigenvalue weighted by Gasteiger charge is -2.39. The van der Waals surface area contributed by atoms with Gasteiger partial charge < -0.3 is 18.9 Å². The molecule has 0 aliphatic rings. The fourth-order valence-corrected chi connectivity index (χ4v) is 3.81. The molecule has 0 amide bonds. The van der Waals surface area contributed by atoms with Gasteiger partial charge in [0.1, 0.15) is 6.10 Å². The predicted octanol–water partition coefficient (Wildman–Crippen LogP) is 7.27. The molecule has 4 nitrogen and oxygen atoms in total. The molecule has 0 N–H and O–H groups in total. The van der Waals surface area contributed by atoms with Crippen LogP contribution in [0.4, 0.5) is 0 Å². The molecule has 178 valence electrons. The number of hydrogen-bond donors (Lipinski definition) is 0. The third-order valence-electron chi connectivity index (χ3n) is 5.48. The van der Waals surface area contributed by atoms with E-state index in [0.29, 0.717) is 26.4 Å². The predicted molar refractivity (Wildman–Crippen MR) is 130 cm³/mol. The summed E-state index contributed by atoms with van der Waals surface area (Å²) in [5.74, 6) is -1.22. The van der Waals surface area contributed by atoms with Gasteiger partial charge >= 0.3 is 5.97 Å². The Morgan fingerprint density at radius 3 is 1.72 bits per heavy atom. The van der Waals surface area contributed by atoms with Crippen molar-refractivity contribution in [3.05, 3.63) is 71.8 Å². The summed E-state index contributed by atoms with van der Waals surface area (Å²) in [6, 6.07) is 20.4. The minimum atomic E-state index is -1.22. The van der Waals surface area contributed by atoms with Crippen LogP contribution in [0.2, 0.25) is 0 Å². The van der Waals surface area contributed by atoms with Crippen molar-refractivity contribution in [2.24, 2.45) is 0 Å². The van der Waals surface area contributed by atoms with Gasteiger partial charge in [0.05, 0.1) is 13.2 Å². The van der Waals surface area contributed by atoms with Crippen molar-refractivity contribution < 1.29 is 18.9 Å². The SMILES string of the molecule is CCCCCCCCC(OCc1ccccc1)C(OCC)(OCC)OCc1ccccc1. The van der Waals surface area contributed by atoms with Gasteiger partial charge in [-0.2, -0.15) is 0 Å². The van der Waals surface area contributed by atoms with Crippen LogP contribution in [0.1, 0.15) is 76.8 Å². The lowest BCUT2D eigenvalue weighted by molar-refractivity contribution is -0.421. The Labute approximate surface area is 195 Å². The van der Waals surface area contributed by atoms with Crippen LogP contribution in [0, 0.1) is 0 Å². The smallest absolute Gasteiger partial charge is 0.311 e. The molecule has 1 unspecified atom stereocenters. The largest absolute Gasteiger partial charge is 0.365 e. The second-order valence-corrected chi connectivity index (χ2v) is 8.09. The van der Waals surface area contributed by atoms with Gasteiger partial charge in [-0.3, -0.25) is 0 Å². The van der Waals surface area contributed by atoms with Crippen LogP contribution in [-0.2, 0) is 32.2 Å². The maximum Gasteiger partial charge on any atom is 0.311 e. The van der Waals surface area contributed by atoms with Crippen molar-refractivity contribution in [2.75, 3.05) is 13.2 Å². The first-order chi connectivity index (χ1) is 15.7. The van der Waals surface area contributed by atoms with Gasteiger partial charge in [0.15, 0.2) is 0 Å². The average molecular weight is 443 g/mol. The average Bonchev–Trinajstić information content (AvgIpc) is 2.83. The van der Waals surface area contributed by atoms with Crippen molar-refractivity contribution >= 4 is 0 Å². The highest BCUT2D eigenvalue weighted by atomic mass is 16.9. The number of unbranched alkanes of at least 4 members (excludes halogenated alkanes) is 5. The molecular formula is C28H42O4. The van der Waals surface area contributed by atoms with Gasteiger partial charge in [-0.1, -0.05) is 106 Å². The molecule has 0 aromatic heterocycles. The van der Waals surface area contributed by atoms with E-state index in [1.807, 2.05) is 50.2 Å². The molecule has 0 aliphatic heterocycles. The van der Waals surface area contributed by atoms with E-state index in [4.69, 9.17) is 18.9 Å². The lowest BCUT2D eigenvalue weighted by atomic mass is 10.1. The summed E-state index contributed by atoms with van der Waals surface area (Å²) in [4.78, 5) is 0. The maximum absolute atomic E-state index is 6.44. The third kappa shape index (κ3) is 9.41. The van der Waals surface area contributed by atoms with Crippen LogP contribution in [0.25, 0.3) is 0 Å². The first-order valence-corrected chi connectivity index (χ1v) is 12.3. The summed E-state index contributed by atoms with van der Waals surface area (Å²) in [5.41, 5.74) is 2.21. The highest BCUT2D eigenvalue weighted by Crippen LogP contribution is 2.30. The lowest BCUT2D eigenvalue weighted by Crippen LogP contribution is -2.51. The van der Waals surface area contributed by atoms with E-state index in [2.05, 4.69) is 31.2 Å². The van der Waals surface area contributed by atoms with E-state index in [1.165, 1.54) is 32.1 Å². The number of hydrogen-bond acceptors (Lipinski definition) is 4. The van der Waals surface area contributed by atoms with Crippen molar-refractivity contribution in [3.63, 3.8) is 0 Å². The van der Waals surface area contributed by atoms with Crippen molar-refractivity contribution in [1.29, 1.82) is 0 Å². The first kappa shape index (κ1) is 26.5. The summed E-state index contributed by atoms with van der Waals surface area (Å²) in [6.45, 7) is 8.06. The second-order valence-electron chi connectivity index (χ2n) is 8.09. The maximum atomic E-state index is 6.44. The first-order valence-electron chi connectivity index (χ1n) is 12.3. The van der Waals surface area contributed by atoms with E-state index in [0.717, 1.165) is 24.0 Å². The monoisotopic (exact) mass is 442 g/mol. The number of rotatable bonds is 18. The Kier molecular flexibility index (Phi) is 13.2. The highest BCUT2D eigenvalue weighted by Gasteiger charge is 2.43. The molecule has 4 heteroatoms. The summed E-state index contributed by atoms with van der Waals surface area (Å²) in [5, 5.41) is 0. The Morgan fingerprint density at radius 1 is 0.625 bits per heavy atom. The molecule has 2 aromatic rings. The van der Waals surface area contributed by atoms with Crippen molar-refractivity contribution in [1.82, 2.24) is 0 Å². The van der Waals surface area contributed by atoms with Crippen LogP contribution in [0.15, 0.2) is 60.7 Å². The molecule has 2 aromatic carbocycles. The molecule has 0 heterocycles. The minimum absolute atomic E-state index is 0.322. The standard InChI is InChI=1S/C28H42O4/c1-4-7-8-9-10-17-22-27(29-23-25-18-13-11-14-19-25)28(30-5-2,31-6-3)32-24-26-20-15-12-16-21-26/h11-16,18-21,27H,4-10,17,22-24H2,1-3H3. The molecule has 0 aliphatic carbocycles.